The van der Waals surface area contributed by atoms with Gasteiger partial charge in [0.25, 0.3) is 5.91 Å². The highest BCUT2D eigenvalue weighted by Crippen LogP contribution is 2.38. The van der Waals surface area contributed by atoms with E-state index in [0.29, 0.717) is 78.1 Å². The van der Waals surface area contributed by atoms with E-state index in [4.69, 9.17) is 9.15 Å². The average molecular weight is 555 g/mol. The van der Waals surface area contributed by atoms with E-state index in [-0.39, 0.29) is 5.91 Å². The molecule has 1 amide bonds. The van der Waals surface area contributed by atoms with Crippen LogP contribution in [0.4, 0.5) is 10.1 Å². The first-order chi connectivity index (χ1) is 19.9. The number of hydrogen-bond donors (Lipinski definition) is 0. The van der Waals surface area contributed by atoms with Crippen molar-refractivity contribution in [3.63, 3.8) is 0 Å². The standard InChI is InChI=1S/C31H31FN6O3/c1-36(2)23-8-11-38(18-23)31(39)21-13-27(40-3)29(35-16-21)28-14-25-30(41-28)24(6-9-34-25)19-4-5-26(20(12-19)15-33)37-10-7-22(32)17-37/h4-6,9,12-14,16,22-23H,7-8,10-11,17-18H2,1-3H3/t22?,23-/m0/s1. The van der Waals surface area contributed by atoms with Gasteiger partial charge in [-0.2, -0.15) is 5.26 Å². The van der Waals surface area contributed by atoms with Gasteiger partial charge in [-0.3, -0.25) is 9.78 Å². The van der Waals surface area contributed by atoms with Crippen LogP contribution in [0.3, 0.4) is 0 Å². The second-order valence-corrected chi connectivity index (χ2v) is 10.8. The Labute approximate surface area is 237 Å². The van der Waals surface area contributed by atoms with Crippen molar-refractivity contribution in [2.24, 2.45) is 0 Å². The molecule has 41 heavy (non-hydrogen) atoms. The van der Waals surface area contributed by atoms with Crippen molar-refractivity contribution in [1.29, 1.82) is 5.26 Å². The Morgan fingerprint density at radius 1 is 1.15 bits per heavy atom. The van der Waals surface area contributed by atoms with Crippen molar-refractivity contribution in [1.82, 2.24) is 19.8 Å². The highest BCUT2D eigenvalue weighted by atomic mass is 19.1. The van der Waals surface area contributed by atoms with Gasteiger partial charge in [0.1, 0.15) is 29.2 Å². The third kappa shape index (κ3) is 4.98. The number of likely N-dealkylation sites (tertiary alicyclic amines) is 1. The third-order valence-electron chi connectivity index (χ3n) is 8.05. The number of furan rings is 1. The van der Waals surface area contributed by atoms with Crippen LogP contribution in [0.1, 0.15) is 28.8 Å². The topological polar surface area (TPSA) is 98.7 Å². The van der Waals surface area contributed by atoms with Crippen LogP contribution in [0.15, 0.2) is 53.2 Å². The van der Waals surface area contributed by atoms with Crippen LogP contribution in [0, 0.1) is 11.3 Å². The van der Waals surface area contributed by atoms with Gasteiger partial charge in [-0.05, 0) is 56.8 Å². The van der Waals surface area contributed by atoms with Crippen LogP contribution in [0.25, 0.3) is 33.7 Å². The van der Waals surface area contributed by atoms with Gasteiger partial charge in [0.2, 0.25) is 0 Å². The Hall–Kier alpha value is -4.49. The van der Waals surface area contributed by atoms with E-state index in [1.54, 1.807) is 30.6 Å². The van der Waals surface area contributed by atoms with Crippen molar-refractivity contribution in [2.75, 3.05) is 52.3 Å². The molecule has 1 aromatic carbocycles. The summed E-state index contributed by atoms with van der Waals surface area (Å²) in [6.45, 7) is 2.26. The molecule has 0 saturated carbocycles. The first-order valence-electron chi connectivity index (χ1n) is 13.7. The normalized spacial score (nSPS) is 18.8. The van der Waals surface area contributed by atoms with Crippen LogP contribution in [-0.2, 0) is 0 Å². The van der Waals surface area contributed by atoms with E-state index in [1.165, 1.54) is 7.11 Å². The number of amides is 1. The number of likely N-dealkylation sites (N-methyl/N-ethyl adjacent to an activating group) is 1. The van der Waals surface area contributed by atoms with E-state index in [2.05, 4.69) is 20.9 Å². The minimum atomic E-state index is -0.879. The van der Waals surface area contributed by atoms with Crippen molar-refractivity contribution in [3.8, 4) is 34.4 Å². The highest BCUT2D eigenvalue weighted by Gasteiger charge is 2.29. The molecule has 2 fully saturated rings. The lowest BCUT2D eigenvalue weighted by molar-refractivity contribution is 0.0782. The second-order valence-electron chi connectivity index (χ2n) is 10.8. The summed E-state index contributed by atoms with van der Waals surface area (Å²) < 4.78 is 25.7. The minimum Gasteiger partial charge on any atom is -0.494 e. The van der Waals surface area contributed by atoms with Crippen LogP contribution >= 0.6 is 0 Å². The number of nitrogens with zero attached hydrogens (tertiary/aromatic N) is 6. The van der Waals surface area contributed by atoms with Gasteiger partial charge in [-0.15, -0.1) is 0 Å². The van der Waals surface area contributed by atoms with Gasteiger partial charge in [-0.1, -0.05) is 6.07 Å². The van der Waals surface area contributed by atoms with E-state index in [0.717, 1.165) is 23.2 Å². The summed E-state index contributed by atoms with van der Waals surface area (Å²) in [5.41, 5.74) is 4.85. The zero-order valence-corrected chi connectivity index (χ0v) is 23.3. The van der Waals surface area contributed by atoms with Crippen LogP contribution in [-0.4, -0.2) is 85.3 Å². The molecule has 5 heterocycles. The zero-order valence-electron chi connectivity index (χ0n) is 23.3. The van der Waals surface area contributed by atoms with Crippen molar-refractivity contribution in [3.05, 3.63) is 59.9 Å². The lowest BCUT2D eigenvalue weighted by Crippen LogP contribution is -2.34. The van der Waals surface area contributed by atoms with Gasteiger partial charge < -0.3 is 23.9 Å². The zero-order chi connectivity index (χ0) is 28.7. The summed E-state index contributed by atoms with van der Waals surface area (Å²) in [6.07, 6.45) is 3.77. The fourth-order valence-electron chi connectivity index (χ4n) is 5.72. The van der Waals surface area contributed by atoms with Gasteiger partial charge in [0, 0.05) is 56.2 Å². The number of carbonyl (C=O) groups excluding carboxylic acids is 1. The summed E-state index contributed by atoms with van der Waals surface area (Å²) in [5, 5.41) is 9.85. The Kier molecular flexibility index (Phi) is 7.05. The van der Waals surface area contributed by atoms with Crippen LogP contribution in [0.2, 0.25) is 0 Å². The molecule has 210 valence electrons. The first kappa shape index (κ1) is 26.7. The van der Waals surface area contributed by atoms with Crippen LogP contribution in [0.5, 0.6) is 5.75 Å². The Morgan fingerprint density at radius 2 is 2.00 bits per heavy atom. The molecule has 0 aliphatic carbocycles. The molecule has 9 nitrogen and oxygen atoms in total. The molecule has 2 atom stereocenters. The maximum absolute atomic E-state index is 13.8. The molecule has 4 aromatic rings. The van der Waals surface area contributed by atoms with Gasteiger partial charge in [0.15, 0.2) is 11.3 Å². The van der Waals surface area contributed by atoms with Gasteiger partial charge in [-0.25, -0.2) is 9.37 Å². The number of benzene rings is 1. The molecule has 2 aliphatic rings. The molecule has 0 bridgehead atoms. The number of fused-ring (bicyclic) bond motifs is 1. The molecule has 2 aliphatic heterocycles. The summed E-state index contributed by atoms with van der Waals surface area (Å²) in [5.74, 6) is 0.800. The molecular formula is C31H31FN6O3. The number of hydrogen-bond acceptors (Lipinski definition) is 8. The molecule has 10 heteroatoms. The molecular weight excluding hydrogens is 523 g/mol. The molecule has 0 N–H and O–H groups in total. The molecule has 0 spiro atoms. The summed E-state index contributed by atoms with van der Waals surface area (Å²) in [6, 6.07) is 13.5. The predicted molar refractivity (Wildman–Crippen MR) is 154 cm³/mol. The number of ether oxygens (including phenoxy) is 1. The Morgan fingerprint density at radius 3 is 2.71 bits per heavy atom. The number of rotatable bonds is 6. The maximum atomic E-state index is 13.8. The summed E-state index contributed by atoms with van der Waals surface area (Å²) in [7, 11) is 5.59. The Bertz CT molecular complexity index is 1660. The summed E-state index contributed by atoms with van der Waals surface area (Å²) >= 11 is 0. The fourth-order valence-corrected chi connectivity index (χ4v) is 5.72. The number of aromatic nitrogens is 2. The number of halogens is 1. The lowest BCUT2D eigenvalue weighted by Gasteiger charge is -2.20. The molecule has 2 saturated heterocycles. The minimum absolute atomic E-state index is 0.0760. The maximum Gasteiger partial charge on any atom is 0.255 e. The van der Waals surface area contributed by atoms with Crippen molar-refractivity contribution >= 4 is 22.7 Å². The number of methoxy groups -OCH3 is 1. The molecule has 3 aromatic heterocycles. The number of pyridine rings is 2. The fraction of sp³-hybridized carbons (Fsp3) is 0.355. The van der Waals surface area contributed by atoms with E-state index in [1.807, 2.05) is 42.1 Å². The lowest BCUT2D eigenvalue weighted by atomic mass is 10.0. The molecule has 0 radical (unpaired) electrons. The van der Waals surface area contributed by atoms with E-state index < -0.39 is 6.17 Å². The SMILES string of the molecule is COc1cc(C(=O)N2CC[C@H](N(C)C)C2)cnc1-c1cc2nccc(-c3ccc(N4CCC(F)C4)c(C#N)c3)c2o1. The predicted octanol–water partition coefficient (Wildman–Crippen LogP) is 4.76. The number of anilines is 1. The van der Waals surface area contributed by atoms with Gasteiger partial charge >= 0.3 is 0 Å². The van der Waals surface area contributed by atoms with E-state index >= 15 is 0 Å². The Balaban J connectivity index is 1.32. The monoisotopic (exact) mass is 554 g/mol. The number of nitriles is 1. The van der Waals surface area contributed by atoms with Crippen molar-refractivity contribution < 1.29 is 18.3 Å². The van der Waals surface area contributed by atoms with Crippen molar-refractivity contribution in [2.45, 2.75) is 25.1 Å². The number of alkyl halides is 1. The van der Waals surface area contributed by atoms with Crippen LogP contribution < -0.4 is 9.64 Å². The number of carbonyl (C=O) groups is 1. The van der Waals surface area contributed by atoms with Gasteiger partial charge in [0.05, 0.1) is 23.9 Å². The molecule has 6 rings (SSSR count). The highest BCUT2D eigenvalue weighted by molar-refractivity contribution is 5.96. The quantitative estimate of drug-likeness (QED) is 0.337. The molecule has 1 unspecified atom stereocenters. The summed E-state index contributed by atoms with van der Waals surface area (Å²) in [4.78, 5) is 28.1. The third-order valence-corrected chi connectivity index (χ3v) is 8.05. The van der Waals surface area contributed by atoms with E-state index in [9.17, 15) is 14.4 Å². The smallest absolute Gasteiger partial charge is 0.255 e. The first-order valence-corrected chi connectivity index (χ1v) is 13.7. The second kappa shape index (κ2) is 10.8. The average Bonchev–Trinajstić information content (AvgIpc) is 3.75. The largest absolute Gasteiger partial charge is 0.494 e.